The minimum Gasteiger partial charge on any atom is -0.477 e. The molecule has 0 aliphatic rings. The number of aliphatic hydroxyl groups is 2. The number of hydrogen-bond donors (Lipinski definition) is 4. The molecule has 0 amide bonds. The van der Waals surface area contributed by atoms with Gasteiger partial charge in [0.15, 0.2) is 0 Å². The molecule has 0 saturated heterocycles. The quantitative estimate of drug-likeness (QED) is 0.614. The maximum atomic E-state index is 13.7. The Kier molecular flexibility index (Phi) is 5.06. The molecule has 100 valence electrons. The van der Waals surface area contributed by atoms with Gasteiger partial charge < -0.3 is 15.3 Å². The first kappa shape index (κ1) is 14.9. The van der Waals surface area contributed by atoms with Crippen molar-refractivity contribution in [1.29, 1.82) is 0 Å². The molecule has 4 nitrogen and oxygen atoms in total. The van der Waals surface area contributed by atoms with Crippen LogP contribution in [0, 0.1) is 11.6 Å². The van der Waals surface area contributed by atoms with Crippen LogP contribution in [0.25, 0.3) is 0 Å². The van der Waals surface area contributed by atoms with Crippen LogP contribution >= 0.6 is 12.6 Å². The van der Waals surface area contributed by atoms with Crippen LogP contribution in [0.4, 0.5) is 8.78 Å². The predicted octanol–water partition coefficient (Wildman–Crippen LogP) is 1.38. The zero-order chi connectivity index (χ0) is 13.9. The van der Waals surface area contributed by atoms with E-state index < -0.39 is 40.9 Å². The summed E-state index contributed by atoms with van der Waals surface area (Å²) < 4.78 is 26.8. The van der Waals surface area contributed by atoms with Gasteiger partial charge in [-0.15, -0.1) is 0 Å². The molecule has 0 radical (unpaired) electrons. The molecule has 7 heteroatoms. The third kappa shape index (κ3) is 2.98. The highest BCUT2D eigenvalue weighted by Crippen LogP contribution is 2.26. The summed E-state index contributed by atoms with van der Waals surface area (Å²) in [5.74, 6) is -4.14. The normalized spacial score (nSPS) is 14.3. The van der Waals surface area contributed by atoms with E-state index in [9.17, 15) is 23.8 Å². The molecule has 0 aliphatic carbocycles. The first-order chi connectivity index (χ1) is 8.40. The molecule has 0 aromatic heterocycles. The number of carboxylic acids is 1. The number of aromatic carboxylic acids is 1. The Bertz CT molecular complexity index is 453. The van der Waals surface area contributed by atoms with Crippen LogP contribution in [0.2, 0.25) is 0 Å². The highest BCUT2D eigenvalue weighted by atomic mass is 32.1. The Morgan fingerprint density at radius 1 is 1.33 bits per heavy atom. The van der Waals surface area contributed by atoms with Crippen molar-refractivity contribution in [1.82, 2.24) is 0 Å². The number of hydrogen-bond acceptors (Lipinski definition) is 4. The van der Waals surface area contributed by atoms with Gasteiger partial charge in [0.1, 0.15) is 23.3 Å². The first-order valence-electron chi connectivity index (χ1n) is 5.08. The molecule has 2 atom stereocenters. The molecule has 1 aromatic carbocycles. The second kappa shape index (κ2) is 6.12. The summed E-state index contributed by atoms with van der Waals surface area (Å²) in [6, 6.07) is 1.64. The molecule has 0 bridgehead atoms. The number of halogens is 2. The zero-order valence-corrected chi connectivity index (χ0v) is 10.1. The lowest BCUT2D eigenvalue weighted by atomic mass is 9.99. The summed E-state index contributed by atoms with van der Waals surface area (Å²) in [5, 5.41) is 27.8. The van der Waals surface area contributed by atoms with E-state index in [1.165, 1.54) is 0 Å². The van der Waals surface area contributed by atoms with E-state index in [0.29, 0.717) is 0 Å². The molecule has 2 unspecified atom stereocenters. The van der Waals surface area contributed by atoms with Gasteiger partial charge in [0.05, 0.1) is 6.10 Å². The lowest BCUT2D eigenvalue weighted by Crippen LogP contribution is -2.21. The largest absolute Gasteiger partial charge is 0.477 e. The third-order valence-electron chi connectivity index (χ3n) is 2.44. The molecule has 1 rings (SSSR count). The average molecular weight is 278 g/mol. The Labute approximate surface area is 107 Å². The minimum atomic E-state index is -1.78. The second-order valence-corrected chi connectivity index (χ2v) is 4.10. The third-order valence-corrected chi connectivity index (χ3v) is 2.70. The SMILES string of the molecule is O=C(O)c1c(F)ccc(C(O)C(O)CCS)c1F. The molecule has 3 N–H and O–H groups in total. The number of carbonyl (C=O) groups is 1. The van der Waals surface area contributed by atoms with E-state index in [4.69, 9.17) is 5.11 Å². The van der Waals surface area contributed by atoms with E-state index >= 15 is 0 Å². The van der Waals surface area contributed by atoms with Crippen molar-refractivity contribution in [3.8, 4) is 0 Å². The van der Waals surface area contributed by atoms with E-state index in [2.05, 4.69) is 12.6 Å². The summed E-state index contributed by atoms with van der Waals surface area (Å²) in [5.41, 5.74) is -1.60. The van der Waals surface area contributed by atoms with E-state index in [1.54, 1.807) is 0 Å². The van der Waals surface area contributed by atoms with Gasteiger partial charge in [-0.2, -0.15) is 12.6 Å². The minimum absolute atomic E-state index is 0.0868. The number of aliphatic hydroxyl groups excluding tert-OH is 2. The van der Waals surface area contributed by atoms with Crippen molar-refractivity contribution in [3.05, 3.63) is 34.9 Å². The van der Waals surface area contributed by atoms with Gasteiger partial charge in [-0.3, -0.25) is 0 Å². The van der Waals surface area contributed by atoms with E-state index in [1.807, 2.05) is 0 Å². The number of benzene rings is 1. The fourth-order valence-electron chi connectivity index (χ4n) is 1.49. The van der Waals surface area contributed by atoms with Crippen molar-refractivity contribution in [2.24, 2.45) is 0 Å². The topological polar surface area (TPSA) is 77.8 Å². The second-order valence-electron chi connectivity index (χ2n) is 3.66. The van der Waals surface area contributed by atoms with Crippen LogP contribution in [-0.2, 0) is 0 Å². The van der Waals surface area contributed by atoms with Gasteiger partial charge in [0, 0.05) is 5.56 Å². The lowest BCUT2D eigenvalue weighted by molar-refractivity contribution is 0.0149. The Hall–Kier alpha value is -1.18. The standard InChI is InChI=1S/C11H12F2O4S/c12-6-2-1-5(9(13)8(6)11(16)17)10(15)7(14)3-4-18/h1-2,7,10,14-15,18H,3-4H2,(H,16,17). The summed E-state index contributed by atoms with van der Waals surface area (Å²) >= 11 is 3.84. The van der Waals surface area contributed by atoms with Gasteiger partial charge in [0.25, 0.3) is 0 Å². The van der Waals surface area contributed by atoms with Gasteiger partial charge >= 0.3 is 5.97 Å². The summed E-state index contributed by atoms with van der Waals surface area (Å²) in [6.07, 6.45) is -2.84. The highest BCUT2D eigenvalue weighted by molar-refractivity contribution is 7.80. The van der Waals surface area contributed by atoms with Crippen LogP contribution in [0.3, 0.4) is 0 Å². The summed E-state index contributed by atoms with van der Waals surface area (Å²) in [6.45, 7) is 0. The molecular weight excluding hydrogens is 266 g/mol. The van der Waals surface area contributed by atoms with Crippen LogP contribution in [0.15, 0.2) is 12.1 Å². The molecule has 1 aromatic rings. The lowest BCUT2D eigenvalue weighted by Gasteiger charge is -2.18. The molecule has 0 fully saturated rings. The fourth-order valence-corrected chi connectivity index (χ4v) is 1.76. The molecule has 18 heavy (non-hydrogen) atoms. The molecule has 0 spiro atoms. The predicted molar refractivity (Wildman–Crippen MR) is 62.8 cm³/mol. The molecular formula is C11H12F2O4S. The summed E-state index contributed by atoms with van der Waals surface area (Å²) in [7, 11) is 0. The Morgan fingerprint density at radius 3 is 2.44 bits per heavy atom. The monoisotopic (exact) mass is 278 g/mol. The van der Waals surface area contributed by atoms with E-state index in [-0.39, 0.29) is 12.2 Å². The van der Waals surface area contributed by atoms with Gasteiger partial charge in [-0.05, 0) is 18.2 Å². The number of thiol groups is 1. The summed E-state index contributed by atoms with van der Waals surface area (Å²) in [4.78, 5) is 10.7. The van der Waals surface area contributed by atoms with Gasteiger partial charge in [-0.25, -0.2) is 13.6 Å². The van der Waals surface area contributed by atoms with Crippen molar-refractivity contribution in [2.75, 3.05) is 5.75 Å². The number of carboxylic acid groups (broad SMARTS) is 1. The van der Waals surface area contributed by atoms with Crippen molar-refractivity contribution < 1.29 is 28.9 Å². The van der Waals surface area contributed by atoms with Crippen molar-refractivity contribution in [2.45, 2.75) is 18.6 Å². The van der Waals surface area contributed by atoms with Gasteiger partial charge in [-0.1, -0.05) is 6.07 Å². The Morgan fingerprint density at radius 2 is 1.94 bits per heavy atom. The van der Waals surface area contributed by atoms with Crippen LogP contribution in [0.5, 0.6) is 0 Å². The average Bonchev–Trinajstić information content (AvgIpc) is 2.28. The van der Waals surface area contributed by atoms with Gasteiger partial charge in [0.2, 0.25) is 0 Å². The smallest absolute Gasteiger partial charge is 0.341 e. The van der Waals surface area contributed by atoms with Crippen LogP contribution in [-0.4, -0.2) is 33.1 Å². The maximum absolute atomic E-state index is 13.7. The highest BCUT2D eigenvalue weighted by Gasteiger charge is 2.26. The van der Waals surface area contributed by atoms with Crippen molar-refractivity contribution in [3.63, 3.8) is 0 Å². The van der Waals surface area contributed by atoms with Crippen molar-refractivity contribution >= 4 is 18.6 Å². The fraction of sp³-hybridized carbons (Fsp3) is 0.364. The van der Waals surface area contributed by atoms with Crippen LogP contribution in [0.1, 0.15) is 28.4 Å². The Balaban J connectivity index is 3.18. The zero-order valence-electron chi connectivity index (χ0n) is 9.18. The van der Waals surface area contributed by atoms with E-state index in [0.717, 1.165) is 12.1 Å². The maximum Gasteiger partial charge on any atom is 0.341 e. The molecule has 0 heterocycles. The molecule has 0 aliphatic heterocycles. The van der Waals surface area contributed by atoms with Crippen LogP contribution < -0.4 is 0 Å². The first-order valence-corrected chi connectivity index (χ1v) is 5.71. The number of rotatable bonds is 5. The molecule has 0 saturated carbocycles.